The number of aliphatic hydroxyl groups excluding tert-OH is 1. The second-order valence-electron chi connectivity index (χ2n) is 6.49. The Bertz CT molecular complexity index is 506. The molecule has 2 aliphatic carbocycles. The quantitative estimate of drug-likeness (QED) is 0.516. The van der Waals surface area contributed by atoms with Gasteiger partial charge in [0.2, 0.25) is 5.79 Å². The molecule has 1 aliphatic heterocycles. The number of hydrogen-bond donors (Lipinski definition) is 2. The third kappa shape index (κ3) is 1.63. The average molecular weight is 264 g/mol. The zero-order valence-corrected chi connectivity index (χ0v) is 11.4. The van der Waals surface area contributed by atoms with Gasteiger partial charge in [0, 0.05) is 17.6 Å². The molecule has 2 fully saturated rings. The Morgan fingerprint density at radius 2 is 2.16 bits per heavy atom. The lowest BCUT2D eigenvalue weighted by atomic mass is 9.56. The standard InChI is InChI=1S/C15H20O4/c1-8-10-6-11-9(2)13(17)19-15(11,18)7-14(10,3)5-4-12(8)16/h10,12,16,18H,1,4-7H2,2-3H3. The van der Waals surface area contributed by atoms with E-state index in [1.54, 1.807) is 6.92 Å². The van der Waals surface area contributed by atoms with Crippen molar-refractivity contribution in [2.45, 2.75) is 51.4 Å². The summed E-state index contributed by atoms with van der Waals surface area (Å²) in [4.78, 5) is 11.7. The van der Waals surface area contributed by atoms with E-state index in [0.29, 0.717) is 30.4 Å². The Morgan fingerprint density at radius 3 is 2.84 bits per heavy atom. The Kier molecular flexibility index (Phi) is 2.51. The molecule has 0 aromatic heterocycles. The van der Waals surface area contributed by atoms with Gasteiger partial charge in [0.15, 0.2) is 0 Å². The molecule has 104 valence electrons. The number of aliphatic hydroxyl groups is 2. The fourth-order valence-electron chi connectivity index (χ4n) is 4.01. The van der Waals surface area contributed by atoms with Gasteiger partial charge in [-0.1, -0.05) is 13.5 Å². The van der Waals surface area contributed by atoms with Gasteiger partial charge in [-0.15, -0.1) is 0 Å². The molecule has 19 heavy (non-hydrogen) atoms. The molecule has 2 saturated carbocycles. The lowest BCUT2D eigenvalue weighted by molar-refractivity contribution is -0.204. The first-order valence-corrected chi connectivity index (χ1v) is 6.79. The third-order valence-electron chi connectivity index (χ3n) is 5.25. The Labute approximate surface area is 112 Å². The Balaban J connectivity index is 2.03. The van der Waals surface area contributed by atoms with Crippen LogP contribution in [0.2, 0.25) is 0 Å². The van der Waals surface area contributed by atoms with Crippen molar-refractivity contribution in [3.63, 3.8) is 0 Å². The fourth-order valence-corrected chi connectivity index (χ4v) is 4.01. The van der Waals surface area contributed by atoms with Crippen molar-refractivity contribution < 1.29 is 19.7 Å². The van der Waals surface area contributed by atoms with Gasteiger partial charge in [-0.3, -0.25) is 0 Å². The number of esters is 1. The number of ether oxygens (including phenoxy) is 1. The summed E-state index contributed by atoms with van der Waals surface area (Å²) in [5, 5.41) is 20.6. The van der Waals surface area contributed by atoms with Crippen LogP contribution in [-0.2, 0) is 9.53 Å². The molecule has 0 radical (unpaired) electrons. The van der Waals surface area contributed by atoms with Gasteiger partial charge in [0.05, 0.1) is 6.10 Å². The zero-order chi connectivity index (χ0) is 14.0. The van der Waals surface area contributed by atoms with E-state index in [-0.39, 0.29) is 11.3 Å². The van der Waals surface area contributed by atoms with Crippen LogP contribution >= 0.6 is 0 Å². The van der Waals surface area contributed by atoms with E-state index in [2.05, 4.69) is 13.5 Å². The Hall–Kier alpha value is -1.13. The number of rotatable bonds is 0. The summed E-state index contributed by atoms with van der Waals surface area (Å²) in [6, 6.07) is 0. The molecule has 0 aromatic carbocycles. The molecule has 0 spiro atoms. The second kappa shape index (κ2) is 3.70. The normalized spacial score (nSPS) is 45.9. The smallest absolute Gasteiger partial charge is 0.336 e. The van der Waals surface area contributed by atoms with Gasteiger partial charge in [0.25, 0.3) is 0 Å². The first kappa shape index (κ1) is 12.9. The summed E-state index contributed by atoms with van der Waals surface area (Å²) in [6.07, 6.45) is 1.95. The van der Waals surface area contributed by atoms with Crippen molar-refractivity contribution in [3.05, 3.63) is 23.3 Å². The molecule has 4 atom stereocenters. The van der Waals surface area contributed by atoms with E-state index in [9.17, 15) is 15.0 Å². The zero-order valence-electron chi connectivity index (χ0n) is 11.4. The van der Waals surface area contributed by atoms with Gasteiger partial charge in [-0.05, 0) is 43.1 Å². The Morgan fingerprint density at radius 1 is 1.47 bits per heavy atom. The van der Waals surface area contributed by atoms with Crippen molar-refractivity contribution in [3.8, 4) is 0 Å². The predicted molar refractivity (Wildman–Crippen MR) is 69.0 cm³/mol. The molecule has 2 N–H and O–H groups in total. The highest BCUT2D eigenvalue weighted by Gasteiger charge is 2.57. The van der Waals surface area contributed by atoms with E-state index in [0.717, 1.165) is 12.0 Å². The van der Waals surface area contributed by atoms with Gasteiger partial charge < -0.3 is 14.9 Å². The molecular formula is C15H20O4. The maximum atomic E-state index is 11.7. The van der Waals surface area contributed by atoms with Gasteiger partial charge in [-0.2, -0.15) is 0 Å². The van der Waals surface area contributed by atoms with E-state index >= 15 is 0 Å². The number of carbonyl (C=O) groups is 1. The van der Waals surface area contributed by atoms with Crippen LogP contribution in [0.5, 0.6) is 0 Å². The van der Waals surface area contributed by atoms with Crippen LogP contribution in [0.1, 0.15) is 39.5 Å². The van der Waals surface area contributed by atoms with Gasteiger partial charge in [0.1, 0.15) is 0 Å². The highest BCUT2D eigenvalue weighted by Crippen LogP contribution is 2.58. The molecule has 4 unspecified atom stereocenters. The molecule has 0 saturated heterocycles. The number of fused-ring (bicyclic) bond motifs is 2. The molecule has 0 aromatic rings. The van der Waals surface area contributed by atoms with E-state index in [4.69, 9.17) is 4.74 Å². The molecule has 3 rings (SSSR count). The highest BCUT2D eigenvalue weighted by atomic mass is 16.7. The van der Waals surface area contributed by atoms with Crippen LogP contribution in [0.25, 0.3) is 0 Å². The van der Waals surface area contributed by atoms with Crippen molar-refractivity contribution in [1.82, 2.24) is 0 Å². The summed E-state index contributed by atoms with van der Waals surface area (Å²) in [7, 11) is 0. The third-order valence-corrected chi connectivity index (χ3v) is 5.25. The number of carbonyl (C=O) groups excluding carboxylic acids is 1. The van der Waals surface area contributed by atoms with E-state index in [1.807, 2.05) is 0 Å². The minimum absolute atomic E-state index is 0.107. The van der Waals surface area contributed by atoms with Crippen molar-refractivity contribution >= 4 is 5.97 Å². The summed E-state index contributed by atoms with van der Waals surface area (Å²) in [6.45, 7) is 7.81. The molecule has 0 amide bonds. The minimum atomic E-state index is -1.44. The molecular weight excluding hydrogens is 244 g/mol. The van der Waals surface area contributed by atoms with Crippen molar-refractivity contribution in [1.29, 1.82) is 0 Å². The van der Waals surface area contributed by atoms with E-state index < -0.39 is 17.9 Å². The predicted octanol–water partition coefficient (Wildman–Crippen LogP) is 1.68. The van der Waals surface area contributed by atoms with Crippen LogP contribution in [0.15, 0.2) is 23.3 Å². The van der Waals surface area contributed by atoms with Crippen molar-refractivity contribution in [2.75, 3.05) is 0 Å². The van der Waals surface area contributed by atoms with Crippen LogP contribution in [-0.4, -0.2) is 28.1 Å². The summed E-state index contributed by atoms with van der Waals surface area (Å²) < 4.78 is 5.19. The van der Waals surface area contributed by atoms with Gasteiger partial charge in [-0.25, -0.2) is 4.79 Å². The van der Waals surface area contributed by atoms with Gasteiger partial charge >= 0.3 is 5.97 Å². The lowest BCUT2D eigenvalue weighted by Gasteiger charge is -2.51. The van der Waals surface area contributed by atoms with Crippen LogP contribution in [0.3, 0.4) is 0 Å². The second-order valence-corrected chi connectivity index (χ2v) is 6.49. The monoisotopic (exact) mass is 264 g/mol. The molecule has 3 aliphatic rings. The first-order chi connectivity index (χ1) is 8.77. The maximum absolute atomic E-state index is 11.7. The molecule has 4 nitrogen and oxygen atoms in total. The topological polar surface area (TPSA) is 66.8 Å². The van der Waals surface area contributed by atoms with Crippen molar-refractivity contribution in [2.24, 2.45) is 11.3 Å². The average Bonchev–Trinajstić information content (AvgIpc) is 2.53. The SMILES string of the molecule is C=C1C(O)CCC2(C)CC3(O)OC(=O)C(C)=C3CC12. The van der Waals surface area contributed by atoms with Crippen LogP contribution < -0.4 is 0 Å². The summed E-state index contributed by atoms with van der Waals surface area (Å²) >= 11 is 0. The van der Waals surface area contributed by atoms with E-state index in [1.165, 1.54) is 0 Å². The number of hydrogen-bond acceptors (Lipinski definition) is 4. The molecule has 4 heteroatoms. The largest absolute Gasteiger partial charge is 0.426 e. The molecule has 0 bridgehead atoms. The minimum Gasteiger partial charge on any atom is -0.426 e. The highest BCUT2D eigenvalue weighted by molar-refractivity contribution is 5.92. The van der Waals surface area contributed by atoms with Crippen LogP contribution in [0, 0.1) is 11.3 Å². The first-order valence-electron chi connectivity index (χ1n) is 6.79. The molecule has 1 heterocycles. The van der Waals surface area contributed by atoms with Crippen LogP contribution in [0.4, 0.5) is 0 Å². The summed E-state index contributed by atoms with van der Waals surface area (Å²) in [5.74, 6) is -1.75. The lowest BCUT2D eigenvalue weighted by Crippen LogP contribution is -2.50. The summed E-state index contributed by atoms with van der Waals surface area (Å²) in [5.41, 5.74) is 1.85. The maximum Gasteiger partial charge on any atom is 0.336 e. The fraction of sp³-hybridized carbons (Fsp3) is 0.667.